The second-order valence-corrected chi connectivity index (χ2v) is 7.06. The lowest BCUT2D eigenvalue weighted by Gasteiger charge is -2.42. The minimum absolute atomic E-state index is 0.0578. The Balaban J connectivity index is 1.46. The van der Waals surface area contributed by atoms with Crippen LogP contribution in [0.25, 0.3) is 11.0 Å². The van der Waals surface area contributed by atoms with Crippen LogP contribution in [0.2, 0.25) is 0 Å². The van der Waals surface area contributed by atoms with Crippen LogP contribution in [0.1, 0.15) is 28.6 Å². The highest BCUT2D eigenvalue weighted by atomic mass is 16.3. The molecule has 2 aliphatic rings. The fourth-order valence-electron chi connectivity index (χ4n) is 4.31. The van der Waals surface area contributed by atoms with Crippen LogP contribution in [0.3, 0.4) is 0 Å². The molecule has 2 aliphatic heterocycles. The molecule has 126 valence electrons. The molecule has 0 aliphatic carbocycles. The summed E-state index contributed by atoms with van der Waals surface area (Å²) in [5, 5.41) is 0.944. The molecule has 2 aromatic heterocycles. The molecule has 3 aromatic rings. The van der Waals surface area contributed by atoms with E-state index >= 15 is 0 Å². The zero-order chi connectivity index (χ0) is 17.0. The Hall–Kier alpha value is -2.82. The predicted octanol–water partition coefficient (Wildman–Crippen LogP) is 2.85. The Morgan fingerprint density at radius 1 is 1.04 bits per heavy atom. The monoisotopic (exact) mass is 334 g/mol. The number of hydrogen-bond donors (Lipinski definition) is 0. The summed E-state index contributed by atoms with van der Waals surface area (Å²) in [7, 11) is 0. The Kier molecular flexibility index (Phi) is 3.10. The summed E-state index contributed by atoms with van der Waals surface area (Å²) >= 11 is 0. The molecule has 1 amide bonds. The minimum Gasteiger partial charge on any atom is -0.451 e. The number of para-hydroxylation sites is 1. The topological polar surface area (TPSA) is 55.5 Å². The smallest absolute Gasteiger partial charge is 0.289 e. The van der Waals surface area contributed by atoms with Crippen molar-refractivity contribution in [2.45, 2.75) is 18.9 Å². The molecule has 5 heteroatoms. The molecule has 5 rings (SSSR count). The molecule has 0 spiro atoms. The van der Waals surface area contributed by atoms with Gasteiger partial charge >= 0.3 is 0 Å². The van der Waals surface area contributed by atoms with Crippen molar-refractivity contribution in [3.63, 3.8) is 0 Å². The molecule has 0 N–H and O–H groups in total. The van der Waals surface area contributed by atoms with Gasteiger partial charge in [-0.05, 0) is 30.5 Å². The van der Waals surface area contributed by atoms with Crippen molar-refractivity contribution in [2.24, 2.45) is 5.92 Å². The van der Waals surface area contributed by atoms with Crippen molar-refractivity contribution >= 4 is 16.9 Å². The van der Waals surface area contributed by atoms with Gasteiger partial charge in [0.05, 0.1) is 0 Å². The van der Waals surface area contributed by atoms with Gasteiger partial charge in [-0.1, -0.05) is 24.3 Å². The average molecular weight is 334 g/mol. The number of nitrogens with zero attached hydrogens (tertiary/aromatic N) is 2. The van der Waals surface area contributed by atoms with Gasteiger partial charge in [0.25, 0.3) is 11.5 Å². The first-order chi connectivity index (χ1) is 12.2. The lowest BCUT2D eigenvalue weighted by Crippen LogP contribution is -2.49. The maximum Gasteiger partial charge on any atom is 0.289 e. The highest BCUT2D eigenvalue weighted by Gasteiger charge is 2.37. The molecule has 25 heavy (non-hydrogen) atoms. The lowest BCUT2D eigenvalue weighted by molar-refractivity contribution is 0.0566. The van der Waals surface area contributed by atoms with Crippen molar-refractivity contribution in [1.29, 1.82) is 0 Å². The normalized spacial score (nSPS) is 22.0. The van der Waals surface area contributed by atoms with Gasteiger partial charge in [-0.3, -0.25) is 9.59 Å². The molecule has 4 heterocycles. The number of likely N-dealkylation sites (tertiary alicyclic amines) is 1. The quantitative estimate of drug-likeness (QED) is 0.688. The number of carbonyl (C=O) groups excluding carboxylic acids is 1. The zero-order valence-electron chi connectivity index (χ0n) is 13.7. The van der Waals surface area contributed by atoms with Crippen LogP contribution in [0.15, 0.2) is 57.7 Å². The highest BCUT2D eigenvalue weighted by Crippen LogP contribution is 2.35. The third-order valence-corrected chi connectivity index (χ3v) is 5.40. The summed E-state index contributed by atoms with van der Waals surface area (Å²) in [5.41, 5.74) is 1.84. The van der Waals surface area contributed by atoms with Gasteiger partial charge in [0.2, 0.25) is 0 Å². The van der Waals surface area contributed by atoms with E-state index < -0.39 is 0 Å². The number of benzene rings is 1. The van der Waals surface area contributed by atoms with Crippen molar-refractivity contribution in [2.75, 3.05) is 13.1 Å². The predicted molar refractivity (Wildman–Crippen MR) is 93.7 cm³/mol. The fraction of sp³-hybridized carbons (Fsp3) is 0.300. The second kappa shape index (κ2) is 5.34. The van der Waals surface area contributed by atoms with Gasteiger partial charge in [0.1, 0.15) is 5.58 Å². The van der Waals surface area contributed by atoms with E-state index in [9.17, 15) is 9.59 Å². The van der Waals surface area contributed by atoms with Gasteiger partial charge in [0, 0.05) is 42.7 Å². The molecule has 0 unspecified atom stereocenters. The molecule has 0 saturated carbocycles. The first kappa shape index (κ1) is 14.5. The van der Waals surface area contributed by atoms with Crippen molar-refractivity contribution in [3.8, 4) is 0 Å². The highest BCUT2D eigenvalue weighted by molar-refractivity contribution is 5.96. The van der Waals surface area contributed by atoms with E-state index in [0.717, 1.165) is 23.1 Å². The number of rotatable bonds is 1. The molecule has 5 nitrogen and oxygen atoms in total. The summed E-state index contributed by atoms with van der Waals surface area (Å²) in [5.74, 6) is 0.874. The van der Waals surface area contributed by atoms with E-state index in [4.69, 9.17) is 4.42 Å². The van der Waals surface area contributed by atoms with Gasteiger partial charge in [0.15, 0.2) is 5.76 Å². The van der Waals surface area contributed by atoms with Crippen molar-refractivity contribution < 1.29 is 9.21 Å². The van der Waals surface area contributed by atoms with E-state index in [-0.39, 0.29) is 17.4 Å². The Morgan fingerprint density at radius 3 is 2.80 bits per heavy atom. The van der Waals surface area contributed by atoms with Gasteiger partial charge < -0.3 is 13.9 Å². The fourth-order valence-corrected chi connectivity index (χ4v) is 4.31. The molecule has 1 fully saturated rings. The van der Waals surface area contributed by atoms with E-state index in [1.807, 2.05) is 51.9 Å². The zero-order valence-corrected chi connectivity index (χ0v) is 13.7. The third kappa shape index (κ3) is 2.30. The van der Waals surface area contributed by atoms with Crippen LogP contribution in [-0.2, 0) is 6.54 Å². The van der Waals surface area contributed by atoms with Crippen LogP contribution in [0.4, 0.5) is 0 Å². The molecule has 2 bridgehead atoms. The van der Waals surface area contributed by atoms with Crippen LogP contribution in [0.5, 0.6) is 0 Å². The largest absolute Gasteiger partial charge is 0.451 e. The lowest BCUT2D eigenvalue weighted by atomic mass is 9.83. The summed E-state index contributed by atoms with van der Waals surface area (Å²) in [4.78, 5) is 26.9. The number of furan rings is 1. The second-order valence-electron chi connectivity index (χ2n) is 7.06. The summed E-state index contributed by atoms with van der Waals surface area (Å²) in [6.45, 7) is 2.00. The van der Waals surface area contributed by atoms with Crippen LogP contribution >= 0.6 is 0 Å². The van der Waals surface area contributed by atoms with Crippen LogP contribution in [0, 0.1) is 5.92 Å². The minimum atomic E-state index is -0.0578. The summed E-state index contributed by atoms with van der Waals surface area (Å²) in [6.07, 6.45) is 1.04. The first-order valence-electron chi connectivity index (χ1n) is 8.66. The molecular weight excluding hydrogens is 316 g/mol. The standard InChI is InChI=1S/C20H18N2O3/c23-19-7-3-5-16-15-8-13(11-22(16)19)10-21(12-15)20(24)18-9-14-4-1-2-6-17(14)25-18/h1-7,9,13,15H,8,10-12H2/t13-,15-/m1/s1. The van der Waals surface area contributed by atoms with Crippen LogP contribution in [-0.4, -0.2) is 28.5 Å². The Labute approximate surface area is 144 Å². The maximum absolute atomic E-state index is 12.9. The molecule has 1 saturated heterocycles. The van der Waals surface area contributed by atoms with Crippen molar-refractivity contribution in [1.82, 2.24) is 9.47 Å². The number of piperidine rings is 1. The maximum atomic E-state index is 12.9. The van der Waals surface area contributed by atoms with Crippen molar-refractivity contribution in [3.05, 3.63) is 70.3 Å². The Bertz CT molecular complexity index is 1000. The molecule has 0 radical (unpaired) electrons. The van der Waals surface area contributed by atoms with E-state index in [1.54, 1.807) is 6.07 Å². The number of fused-ring (bicyclic) bond motifs is 5. The Morgan fingerprint density at radius 2 is 1.92 bits per heavy atom. The van der Waals surface area contributed by atoms with E-state index in [2.05, 4.69) is 0 Å². The first-order valence-corrected chi connectivity index (χ1v) is 8.66. The number of aromatic nitrogens is 1. The molecular formula is C20H18N2O3. The van der Waals surface area contributed by atoms with Gasteiger partial charge in [-0.2, -0.15) is 0 Å². The van der Waals surface area contributed by atoms with Crippen LogP contribution < -0.4 is 5.56 Å². The van der Waals surface area contributed by atoms with E-state index in [1.165, 1.54) is 0 Å². The number of hydrogen-bond acceptors (Lipinski definition) is 3. The summed E-state index contributed by atoms with van der Waals surface area (Å²) in [6, 6.07) is 14.9. The number of carbonyl (C=O) groups is 1. The van der Waals surface area contributed by atoms with Gasteiger partial charge in [-0.15, -0.1) is 0 Å². The van der Waals surface area contributed by atoms with E-state index in [0.29, 0.717) is 31.3 Å². The SMILES string of the molecule is O=C(c1cc2ccccc2o1)N1C[C@H]2C[C@H](C1)c1cccc(=O)n1C2. The van der Waals surface area contributed by atoms with Gasteiger partial charge in [-0.25, -0.2) is 0 Å². The summed E-state index contributed by atoms with van der Waals surface area (Å²) < 4.78 is 7.62. The molecule has 2 atom stereocenters. The average Bonchev–Trinajstić information content (AvgIpc) is 3.06. The number of amides is 1. The number of pyridine rings is 1. The molecule has 1 aromatic carbocycles. The third-order valence-electron chi connectivity index (χ3n) is 5.40.